The number of ether oxygens (including phenoxy) is 1. The van der Waals surface area contributed by atoms with Gasteiger partial charge < -0.3 is 35.1 Å². The van der Waals surface area contributed by atoms with Gasteiger partial charge in [-0.25, -0.2) is 23.4 Å². The molecule has 6 N–H and O–H groups in total. The highest BCUT2D eigenvalue weighted by Gasteiger charge is 2.31. The van der Waals surface area contributed by atoms with Gasteiger partial charge in [0.1, 0.15) is 34.5 Å². The topological polar surface area (TPSA) is 216 Å². The van der Waals surface area contributed by atoms with E-state index in [1.807, 2.05) is 0 Å². The number of carbonyl (C=O) groups is 5. The van der Waals surface area contributed by atoms with E-state index < -0.39 is 71.9 Å². The maximum absolute atomic E-state index is 14.0. The van der Waals surface area contributed by atoms with E-state index in [-0.39, 0.29) is 60.5 Å². The van der Waals surface area contributed by atoms with Crippen LogP contribution < -0.4 is 15.4 Å². The number of carboxylic acid groups (broad SMARTS) is 2. The number of carbonyl (C=O) groups excluding carboxylic acids is 3. The summed E-state index contributed by atoms with van der Waals surface area (Å²) in [6, 6.07) is 6.69. The lowest BCUT2D eigenvalue weighted by atomic mass is 9.90. The minimum Gasteiger partial charge on any atom is -0.506 e. The summed E-state index contributed by atoms with van der Waals surface area (Å²) in [6.07, 6.45) is 0.811. The van der Waals surface area contributed by atoms with Gasteiger partial charge in [-0.05, 0) is 61.6 Å². The van der Waals surface area contributed by atoms with Gasteiger partial charge >= 0.3 is 11.9 Å². The average molecular weight is 648 g/mol. The van der Waals surface area contributed by atoms with E-state index in [2.05, 4.69) is 10.6 Å². The van der Waals surface area contributed by atoms with Crippen LogP contribution in [0.1, 0.15) is 52.7 Å². The second-order valence-corrected chi connectivity index (χ2v) is 9.94. The summed E-state index contributed by atoms with van der Waals surface area (Å²) in [6.45, 7) is 0.421. The molecule has 246 valence electrons. The Morgan fingerprint density at radius 2 is 1.80 bits per heavy atom. The van der Waals surface area contributed by atoms with Crippen molar-refractivity contribution in [3.05, 3.63) is 71.0 Å². The molecule has 3 rings (SSSR count). The van der Waals surface area contributed by atoms with Gasteiger partial charge in [-0.3, -0.25) is 19.6 Å². The van der Waals surface area contributed by atoms with Crippen LogP contribution in [-0.4, -0.2) is 75.1 Å². The van der Waals surface area contributed by atoms with Crippen LogP contribution >= 0.6 is 0 Å². The number of amides is 3. The first kappa shape index (κ1) is 35.0. The molecule has 16 heteroatoms. The lowest BCUT2D eigenvalue weighted by Gasteiger charge is -2.29. The van der Waals surface area contributed by atoms with Crippen LogP contribution in [0.15, 0.2) is 46.9 Å². The van der Waals surface area contributed by atoms with Crippen molar-refractivity contribution in [2.75, 3.05) is 13.3 Å². The molecule has 0 saturated heterocycles. The first-order valence-electron chi connectivity index (χ1n) is 13.8. The van der Waals surface area contributed by atoms with E-state index in [4.69, 9.17) is 14.3 Å². The number of rotatable bonds is 17. The van der Waals surface area contributed by atoms with Gasteiger partial charge in [-0.2, -0.15) is 0 Å². The molecule has 0 radical (unpaired) electrons. The quantitative estimate of drug-likeness (QED) is 0.0541. The number of nitrogens with zero attached hydrogens (tertiary/aromatic N) is 1. The molecule has 0 spiro atoms. The normalized spacial score (nSPS) is 12.1. The first-order valence-corrected chi connectivity index (χ1v) is 13.8. The van der Waals surface area contributed by atoms with Gasteiger partial charge in [0.2, 0.25) is 12.3 Å². The lowest BCUT2D eigenvalue weighted by Crippen LogP contribution is -2.47. The highest BCUT2D eigenvalue weighted by molar-refractivity contribution is 5.95. The largest absolute Gasteiger partial charge is 0.506 e. The number of benzene rings is 2. The summed E-state index contributed by atoms with van der Waals surface area (Å²) in [5.74, 6) is -8.17. The van der Waals surface area contributed by atoms with Crippen LogP contribution in [0.25, 0.3) is 11.3 Å². The highest BCUT2D eigenvalue weighted by atomic mass is 19.1. The molecule has 0 saturated carbocycles. The Kier molecular flexibility index (Phi) is 12.2. The van der Waals surface area contributed by atoms with Gasteiger partial charge in [0, 0.05) is 6.07 Å². The number of aliphatic carboxylic acids is 1. The van der Waals surface area contributed by atoms with Gasteiger partial charge in [0.15, 0.2) is 12.4 Å². The van der Waals surface area contributed by atoms with Crippen LogP contribution in [-0.2, 0) is 20.8 Å². The average Bonchev–Trinajstić information content (AvgIpc) is 3.51. The SMILES string of the molecule is CC[C@H]([C@@H](CCCc1ccc(F)cc1F)C(=O)NCNC(=O)c1ccc(-c2cc(OCC(=O)O)cc(C(=O)O)c2O)o1)N(O)C=O. The molecule has 3 amide bonds. The molecule has 3 aromatic rings. The molecular weight excluding hydrogens is 616 g/mol. The highest BCUT2D eigenvalue weighted by Crippen LogP contribution is 2.37. The minimum atomic E-state index is -1.54. The van der Waals surface area contributed by atoms with E-state index in [0.29, 0.717) is 5.06 Å². The van der Waals surface area contributed by atoms with Gasteiger partial charge in [0.25, 0.3) is 5.91 Å². The molecule has 46 heavy (non-hydrogen) atoms. The van der Waals surface area contributed by atoms with Crippen molar-refractivity contribution < 1.29 is 62.4 Å². The van der Waals surface area contributed by atoms with Crippen molar-refractivity contribution in [3.8, 4) is 22.8 Å². The fraction of sp³-hybridized carbons (Fsp3) is 0.300. The number of aromatic hydroxyl groups is 1. The molecule has 0 aliphatic rings. The third-order valence-electron chi connectivity index (χ3n) is 6.93. The first-order chi connectivity index (χ1) is 21.9. The Bertz CT molecular complexity index is 1590. The number of hydrogen-bond acceptors (Lipinski definition) is 9. The molecule has 1 heterocycles. The van der Waals surface area contributed by atoms with Gasteiger partial charge in [-0.1, -0.05) is 13.0 Å². The Morgan fingerprint density at radius 3 is 2.43 bits per heavy atom. The second-order valence-electron chi connectivity index (χ2n) is 9.94. The fourth-order valence-corrected chi connectivity index (χ4v) is 4.69. The van der Waals surface area contributed by atoms with Crippen molar-refractivity contribution >= 4 is 30.2 Å². The van der Waals surface area contributed by atoms with Crippen molar-refractivity contribution in [2.24, 2.45) is 5.92 Å². The minimum absolute atomic E-state index is 0.0958. The van der Waals surface area contributed by atoms with E-state index in [0.717, 1.165) is 24.3 Å². The summed E-state index contributed by atoms with van der Waals surface area (Å²) < 4.78 is 37.8. The van der Waals surface area contributed by atoms with Crippen LogP contribution in [0.3, 0.4) is 0 Å². The molecule has 0 fully saturated rings. The molecule has 0 unspecified atom stereocenters. The molecular formula is C30H31F2N3O11. The molecule has 14 nitrogen and oxygen atoms in total. The molecule has 1 aromatic heterocycles. The van der Waals surface area contributed by atoms with Crippen LogP contribution in [0.5, 0.6) is 11.5 Å². The van der Waals surface area contributed by atoms with Gasteiger partial charge in [-0.15, -0.1) is 0 Å². The summed E-state index contributed by atoms with van der Waals surface area (Å²) >= 11 is 0. The fourth-order valence-electron chi connectivity index (χ4n) is 4.69. The number of aryl methyl sites for hydroxylation is 1. The number of hydrogen-bond donors (Lipinski definition) is 6. The van der Waals surface area contributed by atoms with E-state index in [1.54, 1.807) is 6.92 Å². The summed E-state index contributed by atoms with van der Waals surface area (Å²) in [5, 5.41) is 44.0. The summed E-state index contributed by atoms with van der Waals surface area (Å²) in [4.78, 5) is 59.5. The number of phenols is 1. The van der Waals surface area contributed by atoms with E-state index >= 15 is 0 Å². The van der Waals surface area contributed by atoms with Crippen LogP contribution in [0, 0.1) is 17.6 Å². The standard InChI is InChI=1S/C30H31F2N3O11/c1-2-23(35(44)15-36)19(5-3-4-16-6-7-17(31)10-22(16)32)28(40)33-14-34-29(41)25-9-8-24(46-25)20-11-18(45-13-26(37)38)12-21(27(20)39)30(42)43/h6-12,15,19,23,39,44H,2-5,13-14H2,1H3,(H,33,40)(H,34,41)(H,37,38)(H,42,43)/t19-,23-/m1/s1. The zero-order chi connectivity index (χ0) is 34.0. The van der Waals surface area contributed by atoms with E-state index in [9.17, 15) is 48.2 Å². The molecule has 2 atom stereocenters. The Morgan fingerprint density at radius 1 is 1.07 bits per heavy atom. The zero-order valence-corrected chi connectivity index (χ0v) is 24.4. The smallest absolute Gasteiger partial charge is 0.341 e. The maximum Gasteiger partial charge on any atom is 0.341 e. The summed E-state index contributed by atoms with van der Waals surface area (Å²) in [5.41, 5.74) is -0.589. The number of halogens is 2. The van der Waals surface area contributed by atoms with Crippen LogP contribution in [0.2, 0.25) is 0 Å². The third kappa shape index (κ3) is 9.01. The van der Waals surface area contributed by atoms with Crippen molar-refractivity contribution in [2.45, 2.75) is 38.6 Å². The summed E-state index contributed by atoms with van der Waals surface area (Å²) in [7, 11) is 0. The molecule has 2 aromatic carbocycles. The second kappa shape index (κ2) is 16.0. The number of hydroxylamine groups is 2. The number of nitrogens with one attached hydrogen (secondary N) is 2. The molecule has 0 aliphatic heterocycles. The monoisotopic (exact) mass is 647 g/mol. The predicted molar refractivity (Wildman–Crippen MR) is 153 cm³/mol. The Balaban J connectivity index is 1.68. The van der Waals surface area contributed by atoms with Crippen molar-refractivity contribution in [1.82, 2.24) is 15.7 Å². The zero-order valence-electron chi connectivity index (χ0n) is 24.4. The lowest BCUT2D eigenvalue weighted by molar-refractivity contribution is -0.168. The number of aromatic carboxylic acids is 1. The van der Waals surface area contributed by atoms with Gasteiger partial charge in [0.05, 0.1) is 24.2 Å². The maximum atomic E-state index is 14.0. The van der Waals surface area contributed by atoms with Crippen molar-refractivity contribution in [3.63, 3.8) is 0 Å². The van der Waals surface area contributed by atoms with E-state index in [1.165, 1.54) is 18.2 Å². The van der Waals surface area contributed by atoms with Crippen LogP contribution in [0.4, 0.5) is 8.78 Å². The molecule has 0 aliphatic carbocycles. The third-order valence-corrected chi connectivity index (χ3v) is 6.93. The predicted octanol–water partition coefficient (Wildman–Crippen LogP) is 3.16. The number of carboxylic acids is 2. The Labute approximate surface area is 260 Å². The van der Waals surface area contributed by atoms with Crippen molar-refractivity contribution in [1.29, 1.82) is 0 Å². The molecule has 0 bridgehead atoms. The Hall–Kier alpha value is -5.51. The number of furan rings is 1.